The monoisotopic (exact) mass is 211 g/mol. The van der Waals surface area contributed by atoms with Crippen molar-refractivity contribution in [2.45, 2.75) is 32.9 Å². The molecule has 0 amide bonds. The van der Waals surface area contributed by atoms with Gasteiger partial charge in [0.15, 0.2) is 0 Å². The standard InChI is InChI=1S/C12H18FNO/c1-9-6-10(4-5-11(9)13)7-14-12(2,3)8-15/h4-6,14-15H,7-8H2,1-3H3. The molecule has 0 saturated heterocycles. The fraction of sp³-hybridized carbons (Fsp3) is 0.500. The predicted molar refractivity (Wildman–Crippen MR) is 59.1 cm³/mol. The smallest absolute Gasteiger partial charge is 0.126 e. The van der Waals surface area contributed by atoms with Crippen LogP contribution in [0.4, 0.5) is 4.39 Å². The summed E-state index contributed by atoms with van der Waals surface area (Å²) in [7, 11) is 0. The Hall–Kier alpha value is -0.930. The maximum absolute atomic E-state index is 13.0. The molecular weight excluding hydrogens is 193 g/mol. The van der Waals surface area contributed by atoms with Crippen LogP contribution >= 0.6 is 0 Å². The second kappa shape index (κ2) is 4.73. The average Bonchev–Trinajstić information content (AvgIpc) is 2.20. The highest BCUT2D eigenvalue weighted by molar-refractivity contribution is 5.23. The zero-order chi connectivity index (χ0) is 11.5. The predicted octanol–water partition coefficient (Wildman–Crippen LogP) is 1.99. The molecule has 1 aromatic rings. The first kappa shape index (κ1) is 12.1. The zero-order valence-corrected chi connectivity index (χ0v) is 9.47. The van der Waals surface area contributed by atoms with Gasteiger partial charge in [0.05, 0.1) is 6.61 Å². The lowest BCUT2D eigenvalue weighted by Crippen LogP contribution is -2.42. The van der Waals surface area contributed by atoms with Gasteiger partial charge < -0.3 is 10.4 Å². The Bertz CT molecular complexity index is 336. The van der Waals surface area contributed by atoms with Gasteiger partial charge >= 0.3 is 0 Å². The molecule has 0 saturated carbocycles. The van der Waals surface area contributed by atoms with Crippen LogP contribution in [0.15, 0.2) is 18.2 Å². The number of benzene rings is 1. The van der Waals surface area contributed by atoms with Gasteiger partial charge in [0.1, 0.15) is 5.82 Å². The highest BCUT2D eigenvalue weighted by Gasteiger charge is 2.14. The number of nitrogens with one attached hydrogen (secondary N) is 1. The van der Waals surface area contributed by atoms with Crippen molar-refractivity contribution in [2.24, 2.45) is 0 Å². The van der Waals surface area contributed by atoms with E-state index in [4.69, 9.17) is 5.11 Å². The Kier molecular flexibility index (Phi) is 3.83. The molecule has 0 radical (unpaired) electrons. The van der Waals surface area contributed by atoms with Crippen molar-refractivity contribution in [3.63, 3.8) is 0 Å². The Morgan fingerprint density at radius 3 is 2.60 bits per heavy atom. The molecule has 0 aromatic heterocycles. The minimum Gasteiger partial charge on any atom is -0.394 e. The molecular formula is C12H18FNO. The van der Waals surface area contributed by atoms with Gasteiger partial charge in [-0.2, -0.15) is 0 Å². The fourth-order valence-electron chi connectivity index (χ4n) is 1.21. The molecule has 2 nitrogen and oxygen atoms in total. The van der Waals surface area contributed by atoms with Crippen LogP contribution in [-0.4, -0.2) is 17.3 Å². The third-order valence-electron chi connectivity index (χ3n) is 2.39. The van der Waals surface area contributed by atoms with Crippen LogP contribution in [-0.2, 0) is 6.54 Å². The minimum absolute atomic E-state index is 0.0766. The lowest BCUT2D eigenvalue weighted by atomic mass is 10.1. The minimum atomic E-state index is -0.303. The molecule has 15 heavy (non-hydrogen) atoms. The molecule has 1 rings (SSSR count). The Balaban J connectivity index is 2.62. The van der Waals surface area contributed by atoms with Crippen molar-refractivity contribution in [1.82, 2.24) is 5.32 Å². The highest BCUT2D eigenvalue weighted by Crippen LogP contribution is 2.10. The first-order valence-electron chi connectivity index (χ1n) is 5.05. The van der Waals surface area contributed by atoms with Crippen molar-refractivity contribution in [3.05, 3.63) is 35.1 Å². The number of rotatable bonds is 4. The average molecular weight is 211 g/mol. The number of aliphatic hydroxyl groups excluding tert-OH is 1. The summed E-state index contributed by atoms with van der Waals surface area (Å²) in [6.45, 7) is 6.30. The molecule has 0 unspecified atom stereocenters. The number of aryl methyl sites for hydroxylation is 1. The van der Waals surface area contributed by atoms with E-state index in [-0.39, 0.29) is 18.0 Å². The van der Waals surface area contributed by atoms with Crippen molar-refractivity contribution in [1.29, 1.82) is 0 Å². The molecule has 0 aliphatic carbocycles. The summed E-state index contributed by atoms with van der Waals surface area (Å²) in [6, 6.07) is 5.04. The molecule has 2 N–H and O–H groups in total. The SMILES string of the molecule is Cc1cc(CNC(C)(C)CO)ccc1F. The van der Waals surface area contributed by atoms with Crippen LogP contribution in [0.1, 0.15) is 25.0 Å². The van der Waals surface area contributed by atoms with Gasteiger partial charge in [-0.3, -0.25) is 0 Å². The van der Waals surface area contributed by atoms with Crippen LogP contribution < -0.4 is 5.32 Å². The van der Waals surface area contributed by atoms with Gasteiger partial charge in [-0.1, -0.05) is 12.1 Å². The summed E-state index contributed by atoms with van der Waals surface area (Å²) in [5.41, 5.74) is 1.37. The normalized spacial score (nSPS) is 11.8. The van der Waals surface area contributed by atoms with Crippen LogP contribution in [0.2, 0.25) is 0 Å². The Labute approximate surface area is 90.1 Å². The topological polar surface area (TPSA) is 32.3 Å². The molecule has 0 aliphatic rings. The molecule has 1 aromatic carbocycles. The van der Waals surface area contributed by atoms with Gasteiger partial charge in [-0.15, -0.1) is 0 Å². The van der Waals surface area contributed by atoms with E-state index in [0.29, 0.717) is 12.1 Å². The van der Waals surface area contributed by atoms with Gasteiger partial charge in [0, 0.05) is 12.1 Å². The maximum Gasteiger partial charge on any atom is 0.126 e. The van der Waals surface area contributed by atoms with Gasteiger partial charge in [-0.25, -0.2) is 4.39 Å². The van der Waals surface area contributed by atoms with Crippen LogP contribution in [0, 0.1) is 12.7 Å². The van der Waals surface area contributed by atoms with Crippen molar-refractivity contribution in [2.75, 3.05) is 6.61 Å². The van der Waals surface area contributed by atoms with E-state index in [1.165, 1.54) is 6.07 Å². The quantitative estimate of drug-likeness (QED) is 0.798. The van der Waals surface area contributed by atoms with Gasteiger partial charge in [0.2, 0.25) is 0 Å². The molecule has 0 heterocycles. The summed E-state index contributed by atoms with van der Waals surface area (Å²) < 4.78 is 13.0. The second-order valence-electron chi connectivity index (χ2n) is 4.48. The van der Waals surface area contributed by atoms with Crippen molar-refractivity contribution >= 4 is 0 Å². The van der Waals surface area contributed by atoms with Crippen LogP contribution in [0.25, 0.3) is 0 Å². The molecule has 0 spiro atoms. The number of hydrogen-bond acceptors (Lipinski definition) is 2. The van der Waals surface area contributed by atoms with E-state index < -0.39 is 0 Å². The molecule has 3 heteroatoms. The number of halogens is 1. The maximum atomic E-state index is 13.0. The summed E-state index contributed by atoms with van der Waals surface area (Å²) in [5, 5.41) is 12.2. The molecule has 84 valence electrons. The molecule has 0 aliphatic heterocycles. The van der Waals surface area contributed by atoms with Gasteiger partial charge in [-0.05, 0) is 38.0 Å². The van der Waals surface area contributed by atoms with Crippen LogP contribution in [0.3, 0.4) is 0 Å². The first-order chi connectivity index (χ1) is 6.94. The zero-order valence-electron chi connectivity index (χ0n) is 9.47. The lowest BCUT2D eigenvalue weighted by molar-refractivity contribution is 0.187. The summed E-state index contributed by atoms with van der Waals surface area (Å²) in [6.07, 6.45) is 0. The van der Waals surface area contributed by atoms with E-state index in [1.807, 2.05) is 19.9 Å². The largest absolute Gasteiger partial charge is 0.394 e. The lowest BCUT2D eigenvalue weighted by Gasteiger charge is -2.23. The van der Waals surface area contributed by atoms with E-state index >= 15 is 0 Å². The summed E-state index contributed by atoms with van der Waals surface area (Å²) in [4.78, 5) is 0. The number of aliphatic hydroxyl groups is 1. The van der Waals surface area contributed by atoms with Gasteiger partial charge in [0.25, 0.3) is 0 Å². The highest BCUT2D eigenvalue weighted by atomic mass is 19.1. The molecule has 0 bridgehead atoms. The Morgan fingerprint density at radius 2 is 2.07 bits per heavy atom. The second-order valence-corrected chi connectivity index (χ2v) is 4.48. The van der Waals surface area contributed by atoms with E-state index in [0.717, 1.165) is 5.56 Å². The summed E-state index contributed by atoms with van der Waals surface area (Å²) in [5.74, 6) is -0.180. The number of hydrogen-bond donors (Lipinski definition) is 2. The Morgan fingerprint density at radius 1 is 1.40 bits per heavy atom. The van der Waals surface area contributed by atoms with E-state index in [9.17, 15) is 4.39 Å². The fourth-order valence-corrected chi connectivity index (χ4v) is 1.21. The van der Waals surface area contributed by atoms with Crippen molar-refractivity contribution < 1.29 is 9.50 Å². The van der Waals surface area contributed by atoms with E-state index in [2.05, 4.69) is 5.32 Å². The third-order valence-corrected chi connectivity index (χ3v) is 2.39. The van der Waals surface area contributed by atoms with Crippen molar-refractivity contribution in [3.8, 4) is 0 Å². The van der Waals surface area contributed by atoms with E-state index in [1.54, 1.807) is 13.0 Å². The van der Waals surface area contributed by atoms with Crippen LogP contribution in [0.5, 0.6) is 0 Å². The first-order valence-corrected chi connectivity index (χ1v) is 5.05. The summed E-state index contributed by atoms with van der Waals surface area (Å²) >= 11 is 0. The molecule has 0 atom stereocenters. The third kappa shape index (κ3) is 3.61. The molecule has 0 fully saturated rings.